The summed E-state index contributed by atoms with van der Waals surface area (Å²) < 4.78 is 4.43. The molecule has 0 aliphatic rings. The van der Waals surface area contributed by atoms with E-state index in [1.54, 1.807) is 0 Å². The van der Waals surface area contributed by atoms with Crippen LogP contribution in [-0.4, -0.2) is 33.9 Å². The third-order valence-electron chi connectivity index (χ3n) is 11.4. The van der Waals surface area contributed by atoms with E-state index in [2.05, 4.69) is 155 Å². The van der Waals surface area contributed by atoms with Gasteiger partial charge in [-0.3, -0.25) is 0 Å². The molecule has 0 unspecified atom stereocenters. The van der Waals surface area contributed by atoms with Gasteiger partial charge in [0.1, 0.15) is 5.65 Å². The van der Waals surface area contributed by atoms with Crippen molar-refractivity contribution in [2.45, 2.75) is 0 Å². The summed E-state index contributed by atoms with van der Waals surface area (Å²) >= 11 is 0. The molecular formula is C53H33N7. The standard InChI is InChI=1S/C53H33N7/c1-3-14-34(15-4-1)45-33-59-31-30-43-48(53(59)55-45)42-22-7-10-23-44(42)54-49(43)35-26-28-37(29-27-35)51-56-50(36-16-5-2-6-17-36)57-52(58-51)38-18-13-19-39(32-38)60-46-24-11-8-20-40(46)41-21-9-12-25-47(41)60/h1-33H. The number of imidazole rings is 1. The SMILES string of the molecule is c1ccc(-c2cn3ccc4c(-c5ccc(-c6nc(-c7ccccc7)nc(-c7cccc(-n8c9ccccc9c9ccccc98)c7)n6)cc5)nc5ccccc5c4c3n2)cc1. The molecular weight excluding hydrogens is 735 g/mol. The molecule has 12 aromatic rings. The van der Waals surface area contributed by atoms with Gasteiger partial charge < -0.3 is 8.97 Å². The monoisotopic (exact) mass is 767 g/mol. The molecule has 0 aliphatic carbocycles. The average Bonchev–Trinajstić information content (AvgIpc) is 3.92. The van der Waals surface area contributed by atoms with Crippen molar-refractivity contribution in [3.8, 4) is 62.4 Å². The van der Waals surface area contributed by atoms with Gasteiger partial charge in [-0.05, 0) is 36.4 Å². The van der Waals surface area contributed by atoms with Gasteiger partial charge in [0.2, 0.25) is 0 Å². The number of hydrogen-bond acceptors (Lipinski definition) is 5. The Bertz CT molecular complexity index is 3540. The molecule has 0 bridgehead atoms. The first-order valence-corrected chi connectivity index (χ1v) is 20.0. The fourth-order valence-corrected chi connectivity index (χ4v) is 8.56. The topological polar surface area (TPSA) is 73.8 Å². The number of nitrogens with zero attached hydrogens (tertiary/aromatic N) is 7. The number of pyridine rings is 2. The summed E-state index contributed by atoms with van der Waals surface area (Å²) in [6, 6.07) is 64.9. The number of benzene rings is 7. The summed E-state index contributed by atoms with van der Waals surface area (Å²) in [4.78, 5) is 25.7. The van der Waals surface area contributed by atoms with Crippen LogP contribution in [0.5, 0.6) is 0 Å². The van der Waals surface area contributed by atoms with E-state index in [4.69, 9.17) is 24.9 Å². The summed E-state index contributed by atoms with van der Waals surface area (Å²) in [5.41, 5.74) is 11.8. The van der Waals surface area contributed by atoms with E-state index in [0.717, 1.165) is 83.2 Å². The molecule has 0 N–H and O–H groups in total. The molecule has 7 nitrogen and oxygen atoms in total. The van der Waals surface area contributed by atoms with Crippen molar-refractivity contribution in [2.24, 2.45) is 0 Å². The van der Waals surface area contributed by atoms with Crippen molar-refractivity contribution < 1.29 is 0 Å². The van der Waals surface area contributed by atoms with Crippen molar-refractivity contribution in [3.05, 3.63) is 200 Å². The van der Waals surface area contributed by atoms with Crippen LogP contribution in [-0.2, 0) is 0 Å². The third-order valence-corrected chi connectivity index (χ3v) is 11.4. The van der Waals surface area contributed by atoms with Crippen LogP contribution in [0.1, 0.15) is 0 Å². The molecule has 0 amide bonds. The van der Waals surface area contributed by atoms with Gasteiger partial charge in [-0.25, -0.2) is 24.9 Å². The Balaban J connectivity index is 0.983. The lowest BCUT2D eigenvalue weighted by Gasteiger charge is -2.12. The molecule has 7 aromatic carbocycles. The van der Waals surface area contributed by atoms with Crippen LogP contribution >= 0.6 is 0 Å². The van der Waals surface area contributed by atoms with Gasteiger partial charge in [0.25, 0.3) is 0 Å². The quantitative estimate of drug-likeness (QED) is 0.158. The van der Waals surface area contributed by atoms with Crippen LogP contribution in [0.4, 0.5) is 0 Å². The van der Waals surface area contributed by atoms with E-state index < -0.39 is 0 Å². The lowest BCUT2D eigenvalue weighted by molar-refractivity contribution is 1.07. The van der Waals surface area contributed by atoms with Gasteiger partial charge in [-0.15, -0.1) is 0 Å². The first kappa shape index (κ1) is 33.8. The normalized spacial score (nSPS) is 11.7. The van der Waals surface area contributed by atoms with Crippen molar-refractivity contribution in [3.63, 3.8) is 0 Å². The Morgan fingerprint density at radius 3 is 1.62 bits per heavy atom. The second-order valence-electron chi connectivity index (χ2n) is 15.0. The molecule has 5 aromatic heterocycles. The predicted molar refractivity (Wildman–Crippen MR) is 243 cm³/mol. The molecule has 0 radical (unpaired) electrons. The van der Waals surface area contributed by atoms with E-state index >= 15 is 0 Å². The van der Waals surface area contributed by atoms with E-state index in [1.807, 2.05) is 54.6 Å². The number of rotatable bonds is 6. The molecule has 12 rings (SSSR count). The molecule has 0 atom stereocenters. The Kier molecular flexibility index (Phi) is 7.71. The minimum Gasteiger partial charge on any atom is -0.309 e. The summed E-state index contributed by atoms with van der Waals surface area (Å²) in [6.45, 7) is 0. The van der Waals surface area contributed by atoms with Crippen LogP contribution < -0.4 is 0 Å². The molecule has 0 saturated heterocycles. The molecule has 0 saturated carbocycles. The number of hydrogen-bond donors (Lipinski definition) is 0. The molecule has 0 spiro atoms. The zero-order chi connectivity index (χ0) is 39.6. The van der Waals surface area contributed by atoms with Crippen LogP contribution in [0.3, 0.4) is 0 Å². The highest BCUT2D eigenvalue weighted by Gasteiger charge is 2.18. The maximum atomic E-state index is 5.24. The summed E-state index contributed by atoms with van der Waals surface area (Å²) in [7, 11) is 0. The molecule has 7 heteroatoms. The first-order chi connectivity index (χ1) is 29.7. The highest BCUT2D eigenvalue weighted by Crippen LogP contribution is 2.37. The molecule has 0 aliphatic heterocycles. The Morgan fingerprint density at radius 2 is 0.917 bits per heavy atom. The van der Waals surface area contributed by atoms with Crippen LogP contribution in [0.15, 0.2) is 200 Å². The zero-order valence-corrected chi connectivity index (χ0v) is 32.2. The fraction of sp³-hybridized carbons (Fsp3) is 0. The van der Waals surface area contributed by atoms with E-state index in [1.165, 1.54) is 10.8 Å². The number of aromatic nitrogens is 7. The molecule has 280 valence electrons. The van der Waals surface area contributed by atoms with Crippen LogP contribution in [0.25, 0.3) is 111 Å². The second-order valence-corrected chi connectivity index (χ2v) is 15.0. The van der Waals surface area contributed by atoms with E-state index in [-0.39, 0.29) is 0 Å². The van der Waals surface area contributed by atoms with Gasteiger partial charge in [0.15, 0.2) is 17.5 Å². The maximum Gasteiger partial charge on any atom is 0.164 e. The summed E-state index contributed by atoms with van der Waals surface area (Å²) in [6.07, 6.45) is 4.18. The fourth-order valence-electron chi connectivity index (χ4n) is 8.56. The predicted octanol–water partition coefficient (Wildman–Crippen LogP) is 12.7. The summed E-state index contributed by atoms with van der Waals surface area (Å²) in [5.74, 6) is 1.81. The van der Waals surface area contributed by atoms with Gasteiger partial charge in [-0.2, -0.15) is 0 Å². The van der Waals surface area contributed by atoms with Gasteiger partial charge in [-0.1, -0.05) is 152 Å². The first-order valence-electron chi connectivity index (χ1n) is 20.0. The lowest BCUT2D eigenvalue weighted by Crippen LogP contribution is -2.01. The van der Waals surface area contributed by atoms with Crippen molar-refractivity contribution in [1.82, 2.24) is 33.9 Å². The number of para-hydroxylation sites is 3. The second kappa shape index (κ2) is 13.7. The highest BCUT2D eigenvalue weighted by molar-refractivity contribution is 6.17. The minimum atomic E-state index is 0.594. The minimum absolute atomic E-state index is 0.594. The molecule has 5 heterocycles. The van der Waals surface area contributed by atoms with Crippen LogP contribution in [0.2, 0.25) is 0 Å². The van der Waals surface area contributed by atoms with Gasteiger partial charge >= 0.3 is 0 Å². The van der Waals surface area contributed by atoms with E-state index in [0.29, 0.717) is 17.5 Å². The van der Waals surface area contributed by atoms with Crippen molar-refractivity contribution in [1.29, 1.82) is 0 Å². The average molecular weight is 768 g/mol. The van der Waals surface area contributed by atoms with Gasteiger partial charge in [0, 0.05) is 72.8 Å². The third kappa shape index (κ3) is 5.56. The lowest BCUT2D eigenvalue weighted by atomic mass is 10.00. The Labute approximate surface area is 344 Å². The van der Waals surface area contributed by atoms with E-state index in [9.17, 15) is 0 Å². The highest BCUT2D eigenvalue weighted by atomic mass is 15.0. The zero-order valence-electron chi connectivity index (χ0n) is 32.2. The van der Waals surface area contributed by atoms with Crippen molar-refractivity contribution >= 4 is 49.1 Å². The smallest absolute Gasteiger partial charge is 0.164 e. The van der Waals surface area contributed by atoms with Crippen molar-refractivity contribution in [2.75, 3.05) is 0 Å². The summed E-state index contributed by atoms with van der Waals surface area (Å²) in [5, 5.41) is 5.61. The maximum absolute atomic E-state index is 5.24. The number of fused-ring (bicyclic) bond motifs is 8. The largest absolute Gasteiger partial charge is 0.309 e. The molecule has 0 fully saturated rings. The van der Waals surface area contributed by atoms with Crippen LogP contribution in [0, 0.1) is 0 Å². The Hall–Kier alpha value is -8.29. The molecule has 60 heavy (non-hydrogen) atoms. The Morgan fingerprint density at radius 1 is 0.367 bits per heavy atom. The van der Waals surface area contributed by atoms with Gasteiger partial charge in [0.05, 0.1) is 27.9 Å².